The van der Waals surface area contributed by atoms with Gasteiger partial charge >= 0.3 is 24.2 Å². The van der Waals surface area contributed by atoms with Crippen molar-refractivity contribution in [2.24, 2.45) is 11.5 Å². The van der Waals surface area contributed by atoms with Crippen LogP contribution in [0.3, 0.4) is 0 Å². The molecule has 0 radical (unpaired) electrons. The van der Waals surface area contributed by atoms with Crippen molar-refractivity contribution in [1.82, 2.24) is 0 Å². The minimum absolute atomic E-state index is 0.0912. The number of halogens is 10. The lowest BCUT2D eigenvalue weighted by Gasteiger charge is -2.27. The van der Waals surface area contributed by atoms with Crippen LogP contribution < -0.4 is 22.9 Å². The predicted octanol–water partition coefficient (Wildman–Crippen LogP) is 4.88. The number of ether oxygens (including phenoxy) is 1. The molecule has 15 heteroatoms. The third kappa shape index (κ3) is 5.56. The fourth-order valence-electron chi connectivity index (χ4n) is 3.16. The zero-order chi connectivity index (χ0) is 27.0. The molecular weight excluding hydrogens is 502 g/mol. The van der Waals surface area contributed by atoms with Gasteiger partial charge in [0.05, 0.1) is 12.2 Å². The SMILES string of the molecule is NCC(OC(CN)c1ccc(C(F)(F)C(F)(F)F)cc1N)c1ccc(C(F)(F)C(F)(F)F)cc1N. The number of rotatable bonds is 8. The first-order valence-electron chi connectivity index (χ1n) is 9.62. The van der Waals surface area contributed by atoms with E-state index in [0.717, 1.165) is 12.1 Å². The number of anilines is 2. The molecule has 0 saturated carbocycles. The van der Waals surface area contributed by atoms with Crippen molar-refractivity contribution in [2.75, 3.05) is 24.6 Å². The molecule has 0 heterocycles. The number of nitrogen functional groups attached to an aromatic ring is 2. The first-order chi connectivity index (χ1) is 15.9. The van der Waals surface area contributed by atoms with Gasteiger partial charge in [0.15, 0.2) is 0 Å². The summed E-state index contributed by atoms with van der Waals surface area (Å²) >= 11 is 0. The molecule has 0 aliphatic heterocycles. The Labute approximate surface area is 192 Å². The average molecular weight is 522 g/mol. The molecule has 2 rings (SSSR count). The molecule has 2 aromatic carbocycles. The smallest absolute Gasteiger partial charge is 0.398 e. The van der Waals surface area contributed by atoms with Crippen molar-refractivity contribution >= 4 is 11.4 Å². The van der Waals surface area contributed by atoms with Crippen molar-refractivity contribution < 1.29 is 48.6 Å². The molecule has 5 nitrogen and oxygen atoms in total. The lowest BCUT2D eigenvalue weighted by Crippen LogP contribution is -2.34. The van der Waals surface area contributed by atoms with Crippen LogP contribution in [0.15, 0.2) is 36.4 Å². The molecule has 0 amide bonds. The molecule has 0 saturated heterocycles. The maximum atomic E-state index is 13.6. The van der Waals surface area contributed by atoms with Crippen LogP contribution in [0.5, 0.6) is 0 Å². The minimum atomic E-state index is -5.87. The van der Waals surface area contributed by atoms with Gasteiger partial charge in [0.1, 0.15) is 0 Å². The van der Waals surface area contributed by atoms with Crippen LogP contribution in [0, 0.1) is 0 Å². The fourth-order valence-corrected chi connectivity index (χ4v) is 3.16. The Morgan fingerprint density at radius 3 is 1.14 bits per heavy atom. The molecule has 2 atom stereocenters. The molecule has 0 spiro atoms. The quantitative estimate of drug-likeness (QED) is 0.292. The summed E-state index contributed by atoms with van der Waals surface area (Å²) in [7, 11) is 0. The third-order valence-corrected chi connectivity index (χ3v) is 5.06. The second kappa shape index (κ2) is 9.70. The lowest BCUT2D eigenvalue weighted by atomic mass is 9.99. The largest absolute Gasteiger partial charge is 0.458 e. The highest BCUT2D eigenvalue weighted by atomic mass is 19.4. The first kappa shape index (κ1) is 28.5. The lowest BCUT2D eigenvalue weighted by molar-refractivity contribution is -0.289. The molecule has 0 bridgehead atoms. The van der Waals surface area contributed by atoms with Gasteiger partial charge in [-0.15, -0.1) is 0 Å². The summed E-state index contributed by atoms with van der Waals surface area (Å²) in [6, 6.07) is 3.43. The summed E-state index contributed by atoms with van der Waals surface area (Å²) in [6.07, 6.45) is -14.2. The van der Waals surface area contributed by atoms with Gasteiger partial charge in [-0.05, 0) is 12.1 Å². The Kier molecular flexibility index (Phi) is 7.89. The van der Waals surface area contributed by atoms with E-state index < -0.39 is 58.9 Å². The molecule has 2 unspecified atom stereocenters. The van der Waals surface area contributed by atoms with Gasteiger partial charge in [-0.3, -0.25) is 0 Å². The van der Waals surface area contributed by atoms with Gasteiger partial charge in [0.25, 0.3) is 0 Å². The number of alkyl halides is 10. The van der Waals surface area contributed by atoms with Gasteiger partial charge < -0.3 is 27.7 Å². The van der Waals surface area contributed by atoms with Crippen molar-refractivity contribution in [1.29, 1.82) is 0 Å². The van der Waals surface area contributed by atoms with Crippen molar-refractivity contribution in [3.05, 3.63) is 58.7 Å². The van der Waals surface area contributed by atoms with E-state index in [2.05, 4.69) is 0 Å². The second-order valence-corrected chi connectivity index (χ2v) is 7.42. The van der Waals surface area contributed by atoms with Crippen LogP contribution in [0.1, 0.15) is 34.5 Å². The topological polar surface area (TPSA) is 113 Å². The van der Waals surface area contributed by atoms with Crippen molar-refractivity contribution in [2.45, 2.75) is 36.4 Å². The Morgan fingerprint density at radius 1 is 0.600 bits per heavy atom. The number of benzene rings is 2. The fraction of sp³-hybridized carbons (Fsp3) is 0.400. The van der Waals surface area contributed by atoms with E-state index in [-0.39, 0.29) is 24.2 Å². The van der Waals surface area contributed by atoms with Crippen LogP contribution in [0.4, 0.5) is 55.3 Å². The van der Waals surface area contributed by atoms with E-state index in [4.69, 9.17) is 27.7 Å². The standard InChI is InChI=1S/C20H20F10N4O/c21-17(22,19(25,26)27)9-1-3-11(13(33)5-9)15(7-31)35-16(8-32)12-4-2-10(6-14(12)34)18(23,24)20(28,29)30/h1-6,15-16H,7-8,31-34H2. The van der Waals surface area contributed by atoms with Gasteiger partial charge in [-0.2, -0.15) is 43.9 Å². The van der Waals surface area contributed by atoms with Gasteiger partial charge in [0, 0.05) is 46.7 Å². The Morgan fingerprint density at radius 2 is 0.914 bits per heavy atom. The number of nitrogens with two attached hydrogens (primary N) is 4. The molecule has 2 aromatic rings. The average Bonchev–Trinajstić information content (AvgIpc) is 2.73. The van der Waals surface area contributed by atoms with E-state index in [1.54, 1.807) is 0 Å². The summed E-state index contributed by atoms with van der Waals surface area (Å²) in [4.78, 5) is 0. The predicted molar refractivity (Wildman–Crippen MR) is 106 cm³/mol. The highest BCUT2D eigenvalue weighted by Crippen LogP contribution is 2.46. The van der Waals surface area contributed by atoms with Crippen LogP contribution in [-0.4, -0.2) is 25.4 Å². The van der Waals surface area contributed by atoms with Crippen LogP contribution >= 0.6 is 0 Å². The van der Waals surface area contributed by atoms with E-state index in [9.17, 15) is 43.9 Å². The van der Waals surface area contributed by atoms with E-state index in [1.165, 1.54) is 0 Å². The molecule has 196 valence electrons. The van der Waals surface area contributed by atoms with Crippen molar-refractivity contribution in [3.63, 3.8) is 0 Å². The summed E-state index contributed by atoms with van der Waals surface area (Å²) in [5.41, 5.74) is 18.4. The number of hydrogen-bond donors (Lipinski definition) is 4. The van der Waals surface area contributed by atoms with Crippen LogP contribution in [0.25, 0.3) is 0 Å². The normalized spacial score (nSPS) is 15.2. The maximum Gasteiger partial charge on any atom is 0.458 e. The van der Waals surface area contributed by atoms with Crippen LogP contribution in [0.2, 0.25) is 0 Å². The molecule has 35 heavy (non-hydrogen) atoms. The van der Waals surface area contributed by atoms with Gasteiger partial charge in [0.2, 0.25) is 0 Å². The Bertz CT molecular complexity index is 958. The highest BCUT2D eigenvalue weighted by Gasteiger charge is 2.59. The zero-order valence-corrected chi connectivity index (χ0v) is 17.5. The summed E-state index contributed by atoms with van der Waals surface area (Å²) < 4.78 is 136. The summed E-state index contributed by atoms with van der Waals surface area (Å²) in [6.45, 7) is -0.778. The van der Waals surface area contributed by atoms with Crippen molar-refractivity contribution in [3.8, 4) is 0 Å². The summed E-state index contributed by atoms with van der Waals surface area (Å²) in [5.74, 6) is -10.4. The molecule has 0 aromatic heterocycles. The molecular formula is C20H20F10N4O. The minimum Gasteiger partial charge on any atom is -0.398 e. The zero-order valence-electron chi connectivity index (χ0n) is 17.5. The Hall–Kier alpha value is -2.78. The molecule has 0 aliphatic carbocycles. The van der Waals surface area contributed by atoms with Gasteiger partial charge in [-0.25, -0.2) is 0 Å². The van der Waals surface area contributed by atoms with E-state index in [1.807, 2.05) is 0 Å². The molecule has 0 fully saturated rings. The highest BCUT2D eigenvalue weighted by molar-refractivity contribution is 5.53. The van der Waals surface area contributed by atoms with E-state index >= 15 is 0 Å². The number of hydrogen-bond acceptors (Lipinski definition) is 5. The Balaban J connectivity index is 2.37. The molecule has 0 aliphatic rings. The van der Waals surface area contributed by atoms with Gasteiger partial charge in [-0.1, -0.05) is 24.3 Å². The second-order valence-electron chi connectivity index (χ2n) is 7.42. The first-order valence-corrected chi connectivity index (χ1v) is 9.62. The molecule has 8 N–H and O–H groups in total. The monoisotopic (exact) mass is 522 g/mol. The summed E-state index contributed by atoms with van der Waals surface area (Å²) in [5, 5.41) is 0. The van der Waals surface area contributed by atoms with E-state index in [0.29, 0.717) is 24.3 Å². The van der Waals surface area contributed by atoms with Crippen LogP contribution in [-0.2, 0) is 16.6 Å². The maximum absolute atomic E-state index is 13.6. The third-order valence-electron chi connectivity index (χ3n) is 5.06.